The number of nitrogens with zero attached hydrogens (tertiary/aromatic N) is 2. The SMILES string of the molecule is Cc1ccc(Cl)cc1NC(=O)CN(C)Cc1nc2ccccc2s1. The second kappa shape index (κ2) is 7.30. The Morgan fingerprint density at radius 2 is 2.08 bits per heavy atom. The zero-order valence-electron chi connectivity index (χ0n) is 13.5. The Hall–Kier alpha value is -1.95. The van der Waals surface area contributed by atoms with E-state index >= 15 is 0 Å². The minimum absolute atomic E-state index is 0.0658. The van der Waals surface area contributed by atoms with Crippen molar-refractivity contribution in [3.05, 3.63) is 58.1 Å². The van der Waals surface area contributed by atoms with E-state index in [2.05, 4.69) is 16.4 Å². The van der Waals surface area contributed by atoms with Crippen LogP contribution in [0.4, 0.5) is 5.69 Å². The maximum Gasteiger partial charge on any atom is 0.238 e. The average Bonchev–Trinajstić information content (AvgIpc) is 2.92. The van der Waals surface area contributed by atoms with Crippen LogP contribution in [0.5, 0.6) is 0 Å². The van der Waals surface area contributed by atoms with Crippen LogP contribution in [0.15, 0.2) is 42.5 Å². The van der Waals surface area contributed by atoms with Gasteiger partial charge in [-0.25, -0.2) is 4.98 Å². The van der Waals surface area contributed by atoms with Crippen LogP contribution < -0.4 is 5.32 Å². The molecule has 0 fully saturated rings. The molecule has 3 rings (SSSR count). The Morgan fingerprint density at radius 1 is 1.29 bits per heavy atom. The van der Waals surface area contributed by atoms with Gasteiger partial charge in [-0.1, -0.05) is 29.8 Å². The first-order valence-corrected chi connectivity index (χ1v) is 8.80. The lowest BCUT2D eigenvalue weighted by Crippen LogP contribution is -2.30. The number of nitrogens with one attached hydrogen (secondary N) is 1. The lowest BCUT2D eigenvalue weighted by atomic mass is 10.2. The third-order valence-electron chi connectivity index (χ3n) is 3.63. The normalized spacial score (nSPS) is 11.2. The highest BCUT2D eigenvalue weighted by atomic mass is 35.5. The number of rotatable bonds is 5. The van der Waals surface area contributed by atoms with E-state index in [1.807, 2.05) is 49.2 Å². The van der Waals surface area contributed by atoms with Crippen molar-refractivity contribution in [2.24, 2.45) is 0 Å². The first kappa shape index (κ1) is 16.9. The molecule has 0 atom stereocenters. The average molecular weight is 360 g/mol. The van der Waals surface area contributed by atoms with Crippen molar-refractivity contribution in [1.29, 1.82) is 0 Å². The van der Waals surface area contributed by atoms with Crippen molar-refractivity contribution < 1.29 is 4.79 Å². The molecule has 0 saturated carbocycles. The summed E-state index contributed by atoms with van der Waals surface area (Å²) in [5, 5.41) is 4.53. The lowest BCUT2D eigenvalue weighted by molar-refractivity contribution is -0.117. The molecule has 1 N–H and O–H groups in total. The number of aryl methyl sites for hydroxylation is 1. The third kappa shape index (κ3) is 4.12. The van der Waals surface area contributed by atoms with E-state index in [9.17, 15) is 4.79 Å². The molecular formula is C18H18ClN3OS. The monoisotopic (exact) mass is 359 g/mol. The molecule has 0 radical (unpaired) electrons. The molecule has 0 aliphatic heterocycles. The fourth-order valence-electron chi connectivity index (χ4n) is 2.44. The standard InChI is InChI=1S/C18H18ClN3OS/c1-12-7-8-13(19)9-15(12)20-17(23)10-22(2)11-18-21-14-5-3-4-6-16(14)24-18/h3-9H,10-11H2,1-2H3,(H,20,23). The smallest absolute Gasteiger partial charge is 0.238 e. The van der Waals surface area contributed by atoms with Gasteiger partial charge in [0, 0.05) is 10.7 Å². The molecule has 1 aromatic heterocycles. The largest absolute Gasteiger partial charge is 0.325 e. The number of aromatic nitrogens is 1. The zero-order valence-corrected chi connectivity index (χ0v) is 15.1. The molecule has 0 spiro atoms. The first-order valence-electron chi connectivity index (χ1n) is 7.60. The summed E-state index contributed by atoms with van der Waals surface area (Å²) >= 11 is 7.64. The summed E-state index contributed by atoms with van der Waals surface area (Å²) in [6.07, 6.45) is 0. The number of thiazole rings is 1. The predicted octanol–water partition coefficient (Wildman–Crippen LogP) is 4.33. The summed E-state index contributed by atoms with van der Waals surface area (Å²) in [6, 6.07) is 13.5. The Balaban J connectivity index is 1.60. The number of carbonyl (C=O) groups is 1. The number of hydrogen-bond acceptors (Lipinski definition) is 4. The fourth-order valence-corrected chi connectivity index (χ4v) is 3.66. The number of para-hydroxylation sites is 1. The number of likely N-dealkylation sites (N-methyl/N-ethyl adjacent to an activating group) is 1. The van der Waals surface area contributed by atoms with Gasteiger partial charge in [-0.05, 0) is 43.8 Å². The van der Waals surface area contributed by atoms with E-state index < -0.39 is 0 Å². The molecule has 0 aliphatic rings. The molecule has 124 valence electrons. The van der Waals surface area contributed by atoms with Crippen LogP contribution in [0.1, 0.15) is 10.6 Å². The van der Waals surface area contributed by atoms with Gasteiger partial charge in [0.25, 0.3) is 0 Å². The third-order valence-corrected chi connectivity index (χ3v) is 4.89. The van der Waals surface area contributed by atoms with Crippen LogP contribution in [0.3, 0.4) is 0 Å². The molecule has 3 aromatic rings. The quantitative estimate of drug-likeness (QED) is 0.737. The van der Waals surface area contributed by atoms with Crippen LogP contribution in [0.2, 0.25) is 5.02 Å². The number of benzene rings is 2. The van der Waals surface area contributed by atoms with E-state index in [-0.39, 0.29) is 5.91 Å². The number of hydrogen-bond donors (Lipinski definition) is 1. The minimum Gasteiger partial charge on any atom is -0.325 e. The van der Waals surface area contributed by atoms with Gasteiger partial charge in [0.05, 0.1) is 23.3 Å². The first-order chi connectivity index (χ1) is 11.5. The van der Waals surface area contributed by atoms with Gasteiger partial charge < -0.3 is 5.32 Å². The van der Waals surface area contributed by atoms with Gasteiger partial charge in [-0.3, -0.25) is 9.69 Å². The van der Waals surface area contributed by atoms with Crippen LogP contribution in [0, 0.1) is 6.92 Å². The fraction of sp³-hybridized carbons (Fsp3) is 0.222. The second-order valence-corrected chi connectivity index (χ2v) is 7.31. The second-order valence-electron chi connectivity index (χ2n) is 5.76. The van der Waals surface area contributed by atoms with E-state index in [1.165, 1.54) is 4.70 Å². The number of carbonyl (C=O) groups excluding carboxylic acids is 1. The molecule has 0 saturated heterocycles. The molecule has 0 bridgehead atoms. The van der Waals surface area contributed by atoms with Gasteiger partial charge in [-0.2, -0.15) is 0 Å². The van der Waals surface area contributed by atoms with E-state index in [1.54, 1.807) is 17.4 Å². The molecule has 0 unspecified atom stereocenters. The summed E-state index contributed by atoms with van der Waals surface area (Å²) in [5.74, 6) is -0.0658. The number of halogens is 1. The molecule has 1 amide bonds. The van der Waals surface area contributed by atoms with Crippen molar-refractivity contribution in [1.82, 2.24) is 9.88 Å². The number of amides is 1. The molecule has 4 nitrogen and oxygen atoms in total. The summed E-state index contributed by atoms with van der Waals surface area (Å²) in [7, 11) is 1.91. The Labute approximate surface area is 150 Å². The maximum atomic E-state index is 12.2. The topological polar surface area (TPSA) is 45.2 Å². The highest BCUT2D eigenvalue weighted by Crippen LogP contribution is 2.23. The number of fused-ring (bicyclic) bond motifs is 1. The molecule has 1 heterocycles. The van der Waals surface area contributed by atoms with Crippen LogP contribution in [-0.2, 0) is 11.3 Å². The summed E-state index contributed by atoms with van der Waals surface area (Å²) in [4.78, 5) is 18.8. The van der Waals surface area contributed by atoms with E-state index in [0.29, 0.717) is 18.1 Å². The Kier molecular flexibility index (Phi) is 5.14. The molecular weight excluding hydrogens is 342 g/mol. The highest BCUT2D eigenvalue weighted by molar-refractivity contribution is 7.18. The summed E-state index contributed by atoms with van der Waals surface area (Å²) in [5.41, 5.74) is 2.74. The number of anilines is 1. The van der Waals surface area contributed by atoms with Crippen molar-refractivity contribution in [2.45, 2.75) is 13.5 Å². The van der Waals surface area contributed by atoms with E-state index in [0.717, 1.165) is 21.8 Å². The van der Waals surface area contributed by atoms with Gasteiger partial charge in [0.15, 0.2) is 0 Å². The molecule has 0 aliphatic carbocycles. The highest BCUT2D eigenvalue weighted by Gasteiger charge is 2.11. The molecule has 2 aromatic carbocycles. The van der Waals surface area contributed by atoms with Gasteiger partial charge >= 0.3 is 0 Å². The maximum absolute atomic E-state index is 12.2. The summed E-state index contributed by atoms with van der Waals surface area (Å²) in [6.45, 7) is 2.87. The van der Waals surface area contributed by atoms with Crippen LogP contribution >= 0.6 is 22.9 Å². The van der Waals surface area contributed by atoms with Crippen molar-refractivity contribution in [3.8, 4) is 0 Å². The summed E-state index contributed by atoms with van der Waals surface area (Å²) < 4.78 is 1.17. The Morgan fingerprint density at radius 3 is 2.88 bits per heavy atom. The van der Waals surface area contributed by atoms with Gasteiger partial charge in [-0.15, -0.1) is 11.3 Å². The van der Waals surface area contributed by atoms with Crippen LogP contribution in [0.25, 0.3) is 10.2 Å². The predicted molar refractivity (Wildman–Crippen MR) is 101 cm³/mol. The van der Waals surface area contributed by atoms with Crippen LogP contribution in [-0.4, -0.2) is 29.4 Å². The zero-order chi connectivity index (χ0) is 17.1. The lowest BCUT2D eigenvalue weighted by Gasteiger charge is -2.15. The van der Waals surface area contributed by atoms with Crippen molar-refractivity contribution in [3.63, 3.8) is 0 Å². The van der Waals surface area contributed by atoms with E-state index in [4.69, 9.17) is 11.6 Å². The van der Waals surface area contributed by atoms with Crippen molar-refractivity contribution >= 4 is 44.7 Å². The van der Waals surface area contributed by atoms with Crippen molar-refractivity contribution in [2.75, 3.05) is 18.9 Å². The van der Waals surface area contributed by atoms with Gasteiger partial charge in [0.2, 0.25) is 5.91 Å². The minimum atomic E-state index is -0.0658. The molecule has 6 heteroatoms. The molecule has 24 heavy (non-hydrogen) atoms. The Bertz CT molecular complexity index is 845. The van der Waals surface area contributed by atoms with Gasteiger partial charge in [0.1, 0.15) is 5.01 Å².